The maximum absolute atomic E-state index is 12.1. The van der Waals surface area contributed by atoms with Crippen molar-refractivity contribution in [3.05, 3.63) is 29.8 Å². The Morgan fingerprint density at radius 3 is 2.68 bits per heavy atom. The molecule has 1 saturated heterocycles. The Labute approximate surface area is 118 Å². The van der Waals surface area contributed by atoms with Gasteiger partial charge in [0, 0.05) is 11.8 Å². The second-order valence-electron chi connectivity index (χ2n) is 4.47. The SMILES string of the molecule is N#CCc1ccc(S(=O)(=O)NCC2CCCS2)cc1. The van der Waals surface area contributed by atoms with E-state index in [1.807, 2.05) is 17.8 Å². The van der Waals surface area contributed by atoms with Crippen LogP contribution >= 0.6 is 11.8 Å². The number of hydrogen-bond acceptors (Lipinski definition) is 4. The van der Waals surface area contributed by atoms with E-state index < -0.39 is 10.0 Å². The van der Waals surface area contributed by atoms with Gasteiger partial charge in [0.2, 0.25) is 10.0 Å². The molecular weight excluding hydrogens is 280 g/mol. The minimum atomic E-state index is -3.43. The van der Waals surface area contributed by atoms with Crippen molar-refractivity contribution < 1.29 is 8.42 Å². The lowest BCUT2D eigenvalue weighted by Gasteiger charge is -2.11. The van der Waals surface area contributed by atoms with Gasteiger partial charge in [0.15, 0.2) is 0 Å². The van der Waals surface area contributed by atoms with E-state index >= 15 is 0 Å². The number of hydrogen-bond donors (Lipinski definition) is 1. The number of thioether (sulfide) groups is 1. The molecule has 1 N–H and O–H groups in total. The van der Waals surface area contributed by atoms with Crippen LogP contribution in [-0.2, 0) is 16.4 Å². The van der Waals surface area contributed by atoms with E-state index in [1.54, 1.807) is 24.3 Å². The molecule has 0 bridgehead atoms. The van der Waals surface area contributed by atoms with Gasteiger partial charge in [0.05, 0.1) is 17.4 Å². The number of rotatable bonds is 5. The van der Waals surface area contributed by atoms with Crippen molar-refractivity contribution in [3.63, 3.8) is 0 Å². The minimum absolute atomic E-state index is 0.261. The summed E-state index contributed by atoms with van der Waals surface area (Å²) in [6.07, 6.45) is 2.54. The first-order chi connectivity index (χ1) is 9.12. The van der Waals surface area contributed by atoms with Gasteiger partial charge in [0.1, 0.15) is 0 Å². The van der Waals surface area contributed by atoms with Crippen molar-refractivity contribution in [1.82, 2.24) is 4.72 Å². The van der Waals surface area contributed by atoms with Crippen LogP contribution in [-0.4, -0.2) is 26.0 Å². The first-order valence-electron chi connectivity index (χ1n) is 6.19. The molecule has 0 amide bonds. The van der Waals surface area contributed by atoms with Crippen LogP contribution in [0.2, 0.25) is 0 Å². The molecule has 19 heavy (non-hydrogen) atoms. The molecule has 1 atom stereocenters. The zero-order valence-corrected chi connectivity index (χ0v) is 12.1. The largest absolute Gasteiger partial charge is 0.240 e. The zero-order chi connectivity index (χ0) is 13.7. The van der Waals surface area contributed by atoms with E-state index in [1.165, 1.54) is 6.42 Å². The highest BCUT2D eigenvalue weighted by Gasteiger charge is 2.19. The van der Waals surface area contributed by atoms with Gasteiger partial charge >= 0.3 is 0 Å². The van der Waals surface area contributed by atoms with Gasteiger partial charge in [-0.15, -0.1) is 0 Å². The highest BCUT2D eigenvalue weighted by Crippen LogP contribution is 2.25. The normalized spacial score (nSPS) is 19.2. The third-order valence-electron chi connectivity index (χ3n) is 3.04. The summed E-state index contributed by atoms with van der Waals surface area (Å²) in [5, 5.41) is 8.97. The molecule has 0 spiro atoms. The van der Waals surface area contributed by atoms with Gasteiger partial charge < -0.3 is 0 Å². The van der Waals surface area contributed by atoms with Crippen LogP contribution in [0, 0.1) is 11.3 Å². The Hall–Kier alpha value is -1.03. The fraction of sp³-hybridized carbons (Fsp3) is 0.462. The lowest BCUT2D eigenvalue weighted by atomic mass is 10.2. The molecule has 2 rings (SSSR count). The average molecular weight is 296 g/mol. The van der Waals surface area contributed by atoms with Crippen LogP contribution in [0.5, 0.6) is 0 Å². The molecule has 102 valence electrons. The predicted molar refractivity (Wildman–Crippen MR) is 76.4 cm³/mol. The van der Waals surface area contributed by atoms with Gasteiger partial charge in [-0.25, -0.2) is 13.1 Å². The number of nitrogens with zero attached hydrogens (tertiary/aromatic N) is 1. The Balaban J connectivity index is 2.00. The first kappa shape index (κ1) is 14.4. The summed E-state index contributed by atoms with van der Waals surface area (Å²) in [6.45, 7) is 0.493. The molecule has 4 nitrogen and oxygen atoms in total. The molecule has 1 aliphatic heterocycles. The van der Waals surface area contributed by atoms with Gasteiger partial charge in [0.25, 0.3) is 0 Å². The van der Waals surface area contributed by atoms with Crippen molar-refractivity contribution in [1.29, 1.82) is 5.26 Å². The number of benzene rings is 1. The van der Waals surface area contributed by atoms with E-state index in [-0.39, 0.29) is 4.90 Å². The van der Waals surface area contributed by atoms with Crippen LogP contribution in [0.1, 0.15) is 18.4 Å². The van der Waals surface area contributed by atoms with Gasteiger partial charge in [-0.1, -0.05) is 12.1 Å². The molecule has 1 aliphatic rings. The summed E-state index contributed by atoms with van der Waals surface area (Å²) < 4.78 is 26.8. The van der Waals surface area contributed by atoms with Crippen molar-refractivity contribution in [3.8, 4) is 6.07 Å². The van der Waals surface area contributed by atoms with E-state index in [2.05, 4.69) is 4.72 Å². The van der Waals surface area contributed by atoms with Crippen molar-refractivity contribution in [2.75, 3.05) is 12.3 Å². The summed E-state index contributed by atoms with van der Waals surface area (Å²) in [7, 11) is -3.43. The molecular formula is C13H16N2O2S2. The molecule has 6 heteroatoms. The van der Waals surface area contributed by atoms with Crippen LogP contribution in [0.3, 0.4) is 0 Å². The maximum Gasteiger partial charge on any atom is 0.240 e. The van der Waals surface area contributed by atoms with Gasteiger partial charge in [-0.2, -0.15) is 17.0 Å². The predicted octanol–water partition coefficient (Wildman–Crippen LogP) is 1.93. The van der Waals surface area contributed by atoms with E-state index in [0.717, 1.165) is 17.7 Å². The summed E-state index contributed by atoms with van der Waals surface area (Å²) in [6, 6.07) is 8.51. The fourth-order valence-electron chi connectivity index (χ4n) is 1.97. The fourth-order valence-corrected chi connectivity index (χ4v) is 4.36. The standard InChI is InChI=1S/C13H16N2O2S2/c14-8-7-11-3-5-13(6-4-11)19(16,17)15-10-12-2-1-9-18-12/h3-6,12,15H,1-2,7,9-10H2. The van der Waals surface area contributed by atoms with Crippen molar-refractivity contribution in [2.45, 2.75) is 29.4 Å². The lowest BCUT2D eigenvalue weighted by Crippen LogP contribution is -2.29. The smallest absolute Gasteiger partial charge is 0.210 e. The van der Waals surface area contributed by atoms with Crippen molar-refractivity contribution >= 4 is 21.8 Å². The quantitative estimate of drug-likeness (QED) is 0.901. The number of nitrogens with one attached hydrogen (secondary N) is 1. The van der Waals surface area contributed by atoms with Gasteiger partial charge in [-0.3, -0.25) is 0 Å². The van der Waals surface area contributed by atoms with E-state index in [9.17, 15) is 8.42 Å². The Morgan fingerprint density at radius 1 is 1.37 bits per heavy atom. The topological polar surface area (TPSA) is 70.0 Å². The lowest BCUT2D eigenvalue weighted by molar-refractivity contribution is 0.579. The van der Waals surface area contributed by atoms with Crippen LogP contribution in [0.4, 0.5) is 0 Å². The van der Waals surface area contributed by atoms with E-state index in [4.69, 9.17) is 5.26 Å². The Morgan fingerprint density at radius 2 is 2.11 bits per heavy atom. The summed E-state index contributed by atoms with van der Waals surface area (Å²) in [5.41, 5.74) is 0.827. The highest BCUT2D eigenvalue weighted by atomic mass is 32.2. The average Bonchev–Trinajstić information content (AvgIpc) is 2.91. The summed E-state index contributed by atoms with van der Waals surface area (Å²) in [4.78, 5) is 0.261. The number of nitriles is 1. The molecule has 1 unspecified atom stereocenters. The molecule has 1 aromatic carbocycles. The summed E-state index contributed by atoms with van der Waals surface area (Å²) >= 11 is 1.82. The first-order valence-corrected chi connectivity index (χ1v) is 8.72. The third-order valence-corrected chi connectivity index (χ3v) is 5.88. The van der Waals surface area contributed by atoms with Crippen LogP contribution in [0.15, 0.2) is 29.2 Å². The summed E-state index contributed by atoms with van der Waals surface area (Å²) in [5.74, 6) is 1.12. The Kier molecular flexibility index (Phi) is 4.86. The van der Waals surface area contributed by atoms with E-state index in [0.29, 0.717) is 18.2 Å². The molecule has 0 aromatic heterocycles. The zero-order valence-electron chi connectivity index (χ0n) is 10.5. The Bertz CT molecular complexity index is 555. The molecule has 0 radical (unpaired) electrons. The second kappa shape index (κ2) is 6.42. The third kappa shape index (κ3) is 3.96. The molecule has 1 heterocycles. The van der Waals surface area contributed by atoms with Gasteiger partial charge in [-0.05, 0) is 36.3 Å². The minimum Gasteiger partial charge on any atom is -0.210 e. The monoisotopic (exact) mass is 296 g/mol. The highest BCUT2D eigenvalue weighted by molar-refractivity contribution is 8.00. The molecule has 0 aliphatic carbocycles. The second-order valence-corrected chi connectivity index (χ2v) is 7.64. The van der Waals surface area contributed by atoms with Crippen molar-refractivity contribution in [2.24, 2.45) is 0 Å². The molecule has 1 aromatic rings. The van der Waals surface area contributed by atoms with Crippen LogP contribution < -0.4 is 4.72 Å². The van der Waals surface area contributed by atoms with Crippen LogP contribution in [0.25, 0.3) is 0 Å². The number of sulfonamides is 1. The molecule has 0 saturated carbocycles. The maximum atomic E-state index is 12.1. The molecule has 1 fully saturated rings.